The van der Waals surface area contributed by atoms with Gasteiger partial charge in [0.1, 0.15) is 24.3 Å². The van der Waals surface area contributed by atoms with Gasteiger partial charge < -0.3 is 9.47 Å². The van der Waals surface area contributed by atoms with E-state index in [1.807, 2.05) is 0 Å². The third kappa shape index (κ3) is 2.42. The highest BCUT2D eigenvalue weighted by Crippen LogP contribution is 2.26. The Morgan fingerprint density at radius 1 is 1.62 bits per heavy atom. The Balaban J connectivity index is 2.03. The molecular weight excluding hydrogens is 239 g/mol. The van der Waals surface area contributed by atoms with Crippen molar-refractivity contribution in [2.45, 2.75) is 6.10 Å². The fourth-order valence-corrected chi connectivity index (χ4v) is 1.30. The van der Waals surface area contributed by atoms with Crippen LogP contribution in [0.5, 0.6) is 5.75 Å². The van der Waals surface area contributed by atoms with Crippen molar-refractivity contribution in [1.82, 2.24) is 0 Å². The van der Waals surface area contributed by atoms with E-state index in [0.29, 0.717) is 12.4 Å². The summed E-state index contributed by atoms with van der Waals surface area (Å²) in [7, 11) is 0. The van der Waals surface area contributed by atoms with Crippen LogP contribution in [0, 0.1) is 5.82 Å². The molecule has 1 aliphatic rings. The molecule has 1 aromatic rings. The van der Waals surface area contributed by atoms with Crippen LogP contribution in [0.1, 0.15) is 0 Å². The van der Waals surface area contributed by atoms with E-state index in [4.69, 9.17) is 9.47 Å². The topological polar surface area (TPSA) is 21.8 Å². The van der Waals surface area contributed by atoms with Crippen LogP contribution in [-0.4, -0.2) is 19.3 Å². The molecule has 0 radical (unpaired) electrons. The quantitative estimate of drug-likeness (QED) is 0.765. The Hall–Kier alpha value is -0.610. The molecular formula is C9H8BrFO2. The highest BCUT2D eigenvalue weighted by Gasteiger charge is 2.23. The lowest BCUT2D eigenvalue weighted by atomic mass is 10.3. The Labute approximate surface area is 83.8 Å². The molecule has 1 atom stereocenters. The Bertz CT molecular complexity index is 312. The summed E-state index contributed by atoms with van der Waals surface area (Å²) in [5, 5.41) is 0. The van der Waals surface area contributed by atoms with Gasteiger partial charge in [-0.2, -0.15) is 0 Å². The zero-order valence-corrected chi connectivity index (χ0v) is 8.38. The van der Waals surface area contributed by atoms with E-state index in [0.717, 1.165) is 11.1 Å². The summed E-state index contributed by atoms with van der Waals surface area (Å²) in [6.07, 6.45) is 0.190. The van der Waals surface area contributed by atoms with E-state index in [1.165, 1.54) is 12.1 Å². The molecule has 2 rings (SSSR count). The molecule has 0 bridgehead atoms. The summed E-state index contributed by atoms with van der Waals surface area (Å²) in [6, 6.07) is 4.36. The fourth-order valence-electron chi connectivity index (χ4n) is 0.935. The van der Waals surface area contributed by atoms with E-state index in [-0.39, 0.29) is 11.9 Å². The predicted molar refractivity (Wildman–Crippen MR) is 49.3 cm³/mol. The molecule has 1 saturated heterocycles. The minimum Gasteiger partial charge on any atom is -0.489 e. The molecule has 1 aromatic carbocycles. The number of hydrogen-bond donors (Lipinski definition) is 0. The van der Waals surface area contributed by atoms with Crippen molar-refractivity contribution < 1.29 is 13.9 Å². The van der Waals surface area contributed by atoms with Gasteiger partial charge in [0.25, 0.3) is 0 Å². The Morgan fingerprint density at radius 3 is 3.08 bits per heavy atom. The first-order valence-corrected chi connectivity index (χ1v) is 4.74. The van der Waals surface area contributed by atoms with Crippen LogP contribution in [0.25, 0.3) is 0 Å². The standard InChI is InChI=1S/C9H8BrFO2/c10-8-2-1-6(11)3-9(8)13-5-7-4-12-7/h1-3,7H,4-5H2/t7-/m1/s1. The number of ether oxygens (including phenoxy) is 2. The van der Waals surface area contributed by atoms with Gasteiger partial charge in [-0.05, 0) is 28.1 Å². The van der Waals surface area contributed by atoms with E-state index < -0.39 is 0 Å². The summed E-state index contributed by atoms with van der Waals surface area (Å²) in [6.45, 7) is 1.23. The van der Waals surface area contributed by atoms with Crippen LogP contribution in [0.3, 0.4) is 0 Å². The fraction of sp³-hybridized carbons (Fsp3) is 0.333. The molecule has 1 aliphatic heterocycles. The highest BCUT2D eigenvalue weighted by molar-refractivity contribution is 9.10. The molecule has 2 nitrogen and oxygen atoms in total. The van der Waals surface area contributed by atoms with Gasteiger partial charge >= 0.3 is 0 Å². The lowest BCUT2D eigenvalue weighted by Crippen LogP contribution is -2.04. The van der Waals surface area contributed by atoms with Crippen LogP contribution >= 0.6 is 15.9 Å². The van der Waals surface area contributed by atoms with E-state index in [9.17, 15) is 4.39 Å². The number of hydrogen-bond acceptors (Lipinski definition) is 2. The number of halogens is 2. The minimum absolute atomic E-state index is 0.190. The molecule has 0 unspecified atom stereocenters. The SMILES string of the molecule is Fc1ccc(Br)c(OC[C@H]2CO2)c1. The Kier molecular flexibility index (Phi) is 2.51. The second-order valence-electron chi connectivity index (χ2n) is 2.84. The smallest absolute Gasteiger partial charge is 0.136 e. The number of benzene rings is 1. The van der Waals surface area contributed by atoms with Crippen molar-refractivity contribution in [3.05, 3.63) is 28.5 Å². The molecule has 0 aliphatic carbocycles. The molecule has 13 heavy (non-hydrogen) atoms. The first kappa shape index (κ1) is 8.97. The maximum Gasteiger partial charge on any atom is 0.136 e. The van der Waals surface area contributed by atoms with Crippen LogP contribution in [0.2, 0.25) is 0 Å². The third-order valence-corrected chi connectivity index (χ3v) is 2.38. The van der Waals surface area contributed by atoms with Crippen molar-refractivity contribution in [1.29, 1.82) is 0 Å². The summed E-state index contributed by atoms with van der Waals surface area (Å²) in [4.78, 5) is 0. The predicted octanol–water partition coefficient (Wildman–Crippen LogP) is 2.37. The van der Waals surface area contributed by atoms with Crippen molar-refractivity contribution in [3.63, 3.8) is 0 Å². The summed E-state index contributed by atoms with van der Waals surface area (Å²) in [5.41, 5.74) is 0. The normalized spacial score (nSPS) is 20.0. The van der Waals surface area contributed by atoms with Gasteiger partial charge in [0, 0.05) is 6.07 Å². The first-order valence-electron chi connectivity index (χ1n) is 3.95. The minimum atomic E-state index is -0.296. The maximum absolute atomic E-state index is 12.8. The van der Waals surface area contributed by atoms with Gasteiger partial charge in [-0.15, -0.1) is 0 Å². The molecule has 0 amide bonds. The first-order chi connectivity index (χ1) is 6.25. The summed E-state index contributed by atoms with van der Waals surface area (Å²) < 4.78 is 23.8. The lowest BCUT2D eigenvalue weighted by molar-refractivity contribution is 0.261. The summed E-state index contributed by atoms with van der Waals surface area (Å²) >= 11 is 3.27. The highest BCUT2D eigenvalue weighted by atomic mass is 79.9. The third-order valence-electron chi connectivity index (χ3n) is 1.72. The van der Waals surface area contributed by atoms with Crippen molar-refractivity contribution in [2.24, 2.45) is 0 Å². The second-order valence-corrected chi connectivity index (χ2v) is 3.70. The number of rotatable bonds is 3. The van der Waals surface area contributed by atoms with Gasteiger partial charge in [-0.25, -0.2) is 4.39 Å². The zero-order chi connectivity index (χ0) is 9.26. The maximum atomic E-state index is 12.8. The van der Waals surface area contributed by atoms with Gasteiger partial charge in [-0.3, -0.25) is 0 Å². The van der Waals surface area contributed by atoms with E-state index in [1.54, 1.807) is 6.07 Å². The van der Waals surface area contributed by atoms with Crippen molar-refractivity contribution >= 4 is 15.9 Å². The lowest BCUT2D eigenvalue weighted by Gasteiger charge is -2.05. The summed E-state index contributed by atoms with van der Waals surface area (Å²) in [5.74, 6) is 0.227. The van der Waals surface area contributed by atoms with Crippen LogP contribution in [0.15, 0.2) is 22.7 Å². The van der Waals surface area contributed by atoms with Gasteiger partial charge in [0.2, 0.25) is 0 Å². The average molecular weight is 247 g/mol. The van der Waals surface area contributed by atoms with E-state index in [2.05, 4.69) is 15.9 Å². The van der Waals surface area contributed by atoms with Crippen LogP contribution in [-0.2, 0) is 4.74 Å². The van der Waals surface area contributed by atoms with Gasteiger partial charge in [0.05, 0.1) is 11.1 Å². The van der Waals surface area contributed by atoms with Crippen LogP contribution < -0.4 is 4.74 Å². The van der Waals surface area contributed by atoms with Gasteiger partial charge in [0.15, 0.2) is 0 Å². The van der Waals surface area contributed by atoms with Crippen LogP contribution in [0.4, 0.5) is 4.39 Å². The van der Waals surface area contributed by atoms with Crippen molar-refractivity contribution in [3.8, 4) is 5.75 Å². The zero-order valence-electron chi connectivity index (χ0n) is 6.80. The molecule has 70 valence electrons. The average Bonchev–Trinajstić information content (AvgIpc) is 2.90. The molecule has 4 heteroatoms. The molecule has 0 N–H and O–H groups in total. The van der Waals surface area contributed by atoms with E-state index >= 15 is 0 Å². The monoisotopic (exact) mass is 246 g/mol. The molecule has 0 aromatic heterocycles. The molecule has 1 fully saturated rings. The van der Waals surface area contributed by atoms with Gasteiger partial charge in [-0.1, -0.05) is 0 Å². The largest absolute Gasteiger partial charge is 0.489 e. The van der Waals surface area contributed by atoms with Crippen molar-refractivity contribution in [2.75, 3.05) is 13.2 Å². The molecule has 0 saturated carbocycles. The number of epoxide rings is 1. The molecule has 0 spiro atoms. The second kappa shape index (κ2) is 3.64. The Morgan fingerprint density at radius 2 is 2.38 bits per heavy atom. The molecule has 1 heterocycles.